The van der Waals surface area contributed by atoms with E-state index < -0.39 is 11.1 Å². The SMILES string of the molecule is Cc1nn(C)c(C(=O)NC(C)(C)C(C)(C)O)c1N. The summed E-state index contributed by atoms with van der Waals surface area (Å²) in [6.45, 7) is 8.54. The molecule has 6 heteroatoms. The lowest BCUT2D eigenvalue weighted by Gasteiger charge is -2.37. The number of nitrogens with one attached hydrogen (secondary N) is 1. The molecule has 102 valence electrons. The van der Waals surface area contributed by atoms with Crippen LogP contribution in [0.3, 0.4) is 0 Å². The first-order valence-electron chi connectivity index (χ1n) is 5.81. The van der Waals surface area contributed by atoms with Crippen LogP contribution in [-0.4, -0.2) is 31.9 Å². The van der Waals surface area contributed by atoms with Gasteiger partial charge in [-0.25, -0.2) is 0 Å². The first-order chi connectivity index (χ1) is 7.97. The van der Waals surface area contributed by atoms with Crippen LogP contribution < -0.4 is 11.1 Å². The Morgan fingerprint density at radius 3 is 2.22 bits per heavy atom. The van der Waals surface area contributed by atoms with Gasteiger partial charge in [0.05, 0.1) is 22.5 Å². The summed E-state index contributed by atoms with van der Waals surface area (Å²) in [6.07, 6.45) is 0. The van der Waals surface area contributed by atoms with Crippen LogP contribution in [0.4, 0.5) is 5.69 Å². The van der Waals surface area contributed by atoms with Gasteiger partial charge in [-0.2, -0.15) is 5.10 Å². The number of hydrogen-bond acceptors (Lipinski definition) is 4. The second-order valence-electron chi connectivity index (χ2n) is 5.61. The minimum Gasteiger partial charge on any atom is -0.395 e. The van der Waals surface area contributed by atoms with Crippen LogP contribution in [0.15, 0.2) is 0 Å². The number of rotatable bonds is 3. The van der Waals surface area contributed by atoms with Gasteiger partial charge in [0.25, 0.3) is 5.91 Å². The van der Waals surface area contributed by atoms with E-state index >= 15 is 0 Å². The van der Waals surface area contributed by atoms with E-state index in [1.807, 2.05) is 0 Å². The number of aliphatic hydroxyl groups is 1. The predicted molar refractivity (Wildman–Crippen MR) is 70.2 cm³/mol. The molecule has 0 spiro atoms. The molecule has 1 aromatic heterocycles. The van der Waals surface area contributed by atoms with E-state index in [0.717, 1.165) is 0 Å². The number of aryl methyl sites for hydroxylation is 2. The van der Waals surface area contributed by atoms with Crippen LogP contribution in [-0.2, 0) is 7.05 Å². The van der Waals surface area contributed by atoms with Gasteiger partial charge in [-0.3, -0.25) is 9.48 Å². The quantitative estimate of drug-likeness (QED) is 0.736. The van der Waals surface area contributed by atoms with Crippen LogP contribution >= 0.6 is 0 Å². The van der Waals surface area contributed by atoms with Gasteiger partial charge in [0.2, 0.25) is 0 Å². The molecule has 0 aromatic carbocycles. The second-order valence-corrected chi connectivity index (χ2v) is 5.61. The third-order valence-corrected chi connectivity index (χ3v) is 3.44. The molecule has 0 unspecified atom stereocenters. The lowest BCUT2D eigenvalue weighted by atomic mass is 9.86. The van der Waals surface area contributed by atoms with Crippen molar-refractivity contribution in [1.29, 1.82) is 0 Å². The van der Waals surface area contributed by atoms with Crippen LogP contribution in [0, 0.1) is 6.92 Å². The fourth-order valence-corrected chi connectivity index (χ4v) is 1.44. The normalized spacial score (nSPS) is 12.6. The highest BCUT2D eigenvalue weighted by Crippen LogP contribution is 2.22. The van der Waals surface area contributed by atoms with Crippen molar-refractivity contribution >= 4 is 11.6 Å². The standard InChI is InChI=1S/C12H22N4O2/c1-7-8(13)9(16(6)15-7)10(17)14-11(2,3)12(4,5)18/h18H,13H2,1-6H3,(H,14,17). The highest BCUT2D eigenvalue weighted by molar-refractivity contribution is 5.98. The molecule has 18 heavy (non-hydrogen) atoms. The Kier molecular flexibility index (Phi) is 3.44. The average Bonchev–Trinajstić information content (AvgIpc) is 2.38. The summed E-state index contributed by atoms with van der Waals surface area (Å²) in [5.74, 6) is -0.345. The zero-order valence-corrected chi connectivity index (χ0v) is 11.8. The van der Waals surface area contributed by atoms with E-state index in [4.69, 9.17) is 5.73 Å². The molecular formula is C12H22N4O2. The number of aromatic nitrogens is 2. The fourth-order valence-electron chi connectivity index (χ4n) is 1.44. The summed E-state index contributed by atoms with van der Waals surface area (Å²) in [5.41, 5.74) is 5.28. The summed E-state index contributed by atoms with van der Waals surface area (Å²) >= 11 is 0. The van der Waals surface area contributed by atoms with E-state index in [1.54, 1.807) is 41.7 Å². The molecule has 0 fully saturated rings. The van der Waals surface area contributed by atoms with Crippen molar-refractivity contribution in [1.82, 2.24) is 15.1 Å². The van der Waals surface area contributed by atoms with Crippen LogP contribution in [0.25, 0.3) is 0 Å². The topological polar surface area (TPSA) is 93.2 Å². The fraction of sp³-hybridized carbons (Fsp3) is 0.667. The smallest absolute Gasteiger partial charge is 0.272 e. The molecule has 0 aliphatic carbocycles. The van der Waals surface area contributed by atoms with Gasteiger partial charge in [-0.15, -0.1) is 0 Å². The zero-order valence-electron chi connectivity index (χ0n) is 11.8. The van der Waals surface area contributed by atoms with Gasteiger partial charge < -0.3 is 16.2 Å². The third kappa shape index (κ3) is 2.48. The highest BCUT2D eigenvalue weighted by Gasteiger charge is 2.37. The van der Waals surface area contributed by atoms with Crippen molar-refractivity contribution in [3.8, 4) is 0 Å². The molecule has 4 N–H and O–H groups in total. The molecule has 0 bridgehead atoms. The lowest BCUT2D eigenvalue weighted by molar-refractivity contribution is -0.00309. The van der Waals surface area contributed by atoms with E-state index in [1.165, 1.54) is 4.68 Å². The first kappa shape index (κ1) is 14.5. The van der Waals surface area contributed by atoms with Gasteiger partial charge in [0.15, 0.2) is 0 Å². The molecule has 0 aliphatic rings. The summed E-state index contributed by atoms with van der Waals surface area (Å²) in [7, 11) is 1.66. The van der Waals surface area contributed by atoms with Crippen molar-refractivity contribution in [3.05, 3.63) is 11.4 Å². The molecular weight excluding hydrogens is 232 g/mol. The Morgan fingerprint density at radius 1 is 1.39 bits per heavy atom. The van der Waals surface area contributed by atoms with Gasteiger partial charge in [0.1, 0.15) is 5.69 Å². The van der Waals surface area contributed by atoms with Crippen molar-refractivity contribution in [2.24, 2.45) is 7.05 Å². The molecule has 1 rings (SSSR count). The molecule has 0 aliphatic heterocycles. The first-order valence-corrected chi connectivity index (χ1v) is 5.81. The molecule has 1 amide bonds. The van der Waals surface area contributed by atoms with E-state index in [0.29, 0.717) is 17.1 Å². The number of carbonyl (C=O) groups is 1. The maximum absolute atomic E-state index is 12.2. The number of nitrogens with zero attached hydrogens (tertiary/aromatic N) is 2. The minimum atomic E-state index is -1.05. The summed E-state index contributed by atoms with van der Waals surface area (Å²) in [4.78, 5) is 12.2. The molecule has 0 saturated heterocycles. The zero-order chi connectivity index (χ0) is 14.3. The molecule has 0 saturated carbocycles. The van der Waals surface area contributed by atoms with Crippen LogP contribution in [0.5, 0.6) is 0 Å². The molecule has 1 aromatic rings. The van der Waals surface area contributed by atoms with Crippen molar-refractivity contribution in [2.75, 3.05) is 5.73 Å². The highest BCUT2D eigenvalue weighted by atomic mass is 16.3. The Morgan fingerprint density at radius 2 is 1.89 bits per heavy atom. The second kappa shape index (κ2) is 4.28. The third-order valence-electron chi connectivity index (χ3n) is 3.44. The largest absolute Gasteiger partial charge is 0.395 e. The van der Waals surface area contributed by atoms with Crippen molar-refractivity contribution in [3.63, 3.8) is 0 Å². The number of hydrogen-bond donors (Lipinski definition) is 3. The van der Waals surface area contributed by atoms with Crippen LogP contribution in [0.1, 0.15) is 43.9 Å². The Balaban J connectivity index is 3.04. The predicted octanol–water partition coefficient (Wildman–Crippen LogP) is 0.590. The van der Waals surface area contributed by atoms with Crippen molar-refractivity contribution in [2.45, 2.75) is 45.8 Å². The molecule has 6 nitrogen and oxygen atoms in total. The van der Waals surface area contributed by atoms with Gasteiger partial charge in [0, 0.05) is 7.05 Å². The van der Waals surface area contributed by atoms with Gasteiger partial charge in [-0.1, -0.05) is 0 Å². The van der Waals surface area contributed by atoms with Gasteiger partial charge >= 0.3 is 0 Å². The van der Waals surface area contributed by atoms with E-state index in [9.17, 15) is 9.90 Å². The Labute approximate surface area is 107 Å². The lowest BCUT2D eigenvalue weighted by Crippen LogP contribution is -2.58. The maximum Gasteiger partial charge on any atom is 0.272 e. The monoisotopic (exact) mass is 254 g/mol. The van der Waals surface area contributed by atoms with Crippen molar-refractivity contribution < 1.29 is 9.90 Å². The summed E-state index contributed by atoms with van der Waals surface area (Å²) < 4.78 is 1.44. The van der Waals surface area contributed by atoms with E-state index in [-0.39, 0.29) is 5.91 Å². The maximum atomic E-state index is 12.2. The summed E-state index contributed by atoms with van der Waals surface area (Å²) in [5, 5.41) is 16.9. The van der Waals surface area contributed by atoms with E-state index in [2.05, 4.69) is 10.4 Å². The van der Waals surface area contributed by atoms with Crippen LogP contribution in [0.2, 0.25) is 0 Å². The number of anilines is 1. The van der Waals surface area contributed by atoms with Gasteiger partial charge in [-0.05, 0) is 34.6 Å². The number of nitrogen functional groups attached to an aromatic ring is 1. The average molecular weight is 254 g/mol. The number of carbonyl (C=O) groups excluding carboxylic acids is 1. The molecule has 1 heterocycles. The minimum absolute atomic E-state index is 0.310. The summed E-state index contributed by atoms with van der Waals surface area (Å²) in [6, 6.07) is 0. The molecule has 0 atom stereocenters. The Hall–Kier alpha value is -1.56. The number of amides is 1. The molecule has 0 radical (unpaired) electrons. The number of nitrogens with two attached hydrogens (primary N) is 1. The Bertz CT molecular complexity index is 469.